The Hall–Kier alpha value is -3.27. The topological polar surface area (TPSA) is 91.6 Å². The zero-order valence-electron chi connectivity index (χ0n) is 20.1. The van der Waals surface area contributed by atoms with Crippen LogP contribution in [0.5, 0.6) is 11.5 Å². The second kappa shape index (κ2) is 10.2. The predicted molar refractivity (Wildman–Crippen MR) is 147 cm³/mol. The summed E-state index contributed by atoms with van der Waals surface area (Å²) in [5.74, 6) is 0.542. The van der Waals surface area contributed by atoms with Crippen LogP contribution in [0.15, 0.2) is 46.0 Å². The smallest absolute Gasteiger partial charge is 0.337 e. The van der Waals surface area contributed by atoms with Crippen LogP contribution in [0.4, 0.5) is 5.69 Å². The van der Waals surface area contributed by atoms with E-state index in [0.717, 1.165) is 40.7 Å². The number of thiophene rings is 1. The van der Waals surface area contributed by atoms with Gasteiger partial charge in [0.1, 0.15) is 22.9 Å². The molecule has 0 saturated heterocycles. The molecule has 1 aliphatic carbocycles. The number of halogens is 2. The first-order chi connectivity index (χ1) is 17.8. The van der Waals surface area contributed by atoms with Crippen LogP contribution in [-0.4, -0.2) is 29.3 Å². The lowest BCUT2D eigenvalue weighted by Crippen LogP contribution is -2.40. The Bertz CT molecular complexity index is 1660. The molecule has 1 amide bonds. The summed E-state index contributed by atoms with van der Waals surface area (Å²) in [6.07, 6.45) is 3.56. The summed E-state index contributed by atoms with van der Waals surface area (Å²) < 4.78 is 13.0. The standard InChI is InChI=1S/C26H23Cl2N3O5S/c1-35-15-8-10-19(20(12-15)36-2)29-22(32)13-30-25-23(16-5-3-4-6-21(16)37-25)24(33)31(26(30)34)14-7-9-17(27)18(28)11-14/h7-12H,3-6,13H2,1-2H3,(H,29,32). The average Bonchev–Trinajstić information content (AvgIpc) is 3.28. The number of nitrogens with zero attached hydrogens (tertiary/aromatic N) is 2. The normalized spacial score (nSPS) is 12.9. The van der Waals surface area contributed by atoms with Gasteiger partial charge in [0.2, 0.25) is 5.91 Å². The van der Waals surface area contributed by atoms with Crippen LogP contribution in [-0.2, 0) is 24.2 Å². The zero-order valence-corrected chi connectivity index (χ0v) is 22.4. The van der Waals surface area contributed by atoms with Crippen molar-refractivity contribution in [1.29, 1.82) is 0 Å². The molecule has 8 nitrogen and oxygen atoms in total. The number of carbonyl (C=O) groups is 1. The van der Waals surface area contributed by atoms with Crippen molar-refractivity contribution < 1.29 is 14.3 Å². The highest BCUT2D eigenvalue weighted by atomic mass is 35.5. The first-order valence-electron chi connectivity index (χ1n) is 11.6. The number of ether oxygens (including phenoxy) is 2. The molecule has 2 aromatic carbocycles. The number of anilines is 1. The molecule has 0 unspecified atom stereocenters. The molecule has 2 aromatic heterocycles. The SMILES string of the molecule is COc1ccc(NC(=O)Cn2c(=O)n(-c3ccc(Cl)c(Cl)c3)c(=O)c3c4c(sc32)CCCC4)c(OC)c1. The lowest BCUT2D eigenvalue weighted by Gasteiger charge is -2.15. The largest absolute Gasteiger partial charge is 0.497 e. The maximum Gasteiger partial charge on any atom is 0.337 e. The van der Waals surface area contributed by atoms with Crippen molar-refractivity contribution in [2.24, 2.45) is 0 Å². The fourth-order valence-electron chi connectivity index (χ4n) is 4.59. The minimum Gasteiger partial charge on any atom is -0.497 e. The predicted octanol–water partition coefficient (Wildman–Crippen LogP) is 5.06. The van der Waals surface area contributed by atoms with Crippen LogP contribution in [0.1, 0.15) is 23.3 Å². The van der Waals surface area contributed by atoms with E-state index < -0.39 is 17.2 Å². The number of fused-ring (bicyclic) bond motifs is 3. The summed E-state index contributed by atoms with van der Waals surface area (Å²) >= 11 is 13.7. The van der Waals surface area contributed by atoms with Crippen LogP contribution >= 0.6 is 34.5 Å². The second-order valence-corrected chi connectivity index (χ2v) is 10.5. The molecule has 0 spiro atoms. The van der Waals surface area contributed by atoms with Crippen molar-refractivity contribution in [3.8, 4) is 17.2 Å². The summed E-state index contributed by atoms with van der Waals surface area (Å²) in [6.45, 7) is -0.300. The molecule has 11 heteroatoms. The van der Waals surface area contributed by atoms with Crippen LogP contribution in [0, 0.1) is 0 Å². The van der Waals surface area contributed by atoms with E-state index >= 15 is 0 Å². The quantitative estimate of drug-likeness (QED) is 0.356. The monoisotopic (exact) mass is 559 g/mol. The number of hydrogen-bond donors (Lipinski definition) is 1. The first kappa shape index (κ1) is 25.4. The van der Waals surface area contributed by atoms with Crippen LogP contribution in [0.25, 0.3) is 15.9 Å². The number of hydrogen-bond acceptors (Lipinski definition) is 6. The molecule has 0 fully saturated rings. The van der Waals surface area contributed by atoms with Crippen molar-refractivity contribution >= 4 is 56.3 Å². The Balaban J connectivity index is 1.64. The Kier molecular flexibility index (Phi) is 7.02. The number of carbonyl (C=O) groups excluding carboxylic acids is 1. The van der Waals surface area contributed by atoms with Crippen molar-refractivity contribution in [3.63, 3.8) is 0 Å². The van der Waals surface area contributed by atoms with Gasteiger partial charge in [0, 0.05) is 10.9 Å². The molecular weight excluding hydrogens is 537 g/mol. The van der Waals surface area contributed by atoms with Crippen molar-refractivity contribution in [2.45, 2.75) is 32.2 Å². The van der Waals surface area contributed by atoms with Crippen molar-refractivity contribution in [3.05, 3.63) is 77.7 Å². The van der Waals surface area contributed by atoms with Gasteiger partial charge in [-0.25, -0.2) is 9.36 Å². The van der Waals surface area contributed by atoms with E-state index in [-0.39, 0.29) is 17.3 Å². The van der Waals surface area contributed by atoms with Crippen molar-refractivity contribution in [1.82, 2.24) is 9.13 Å². The number of nitrogens with one attached hydrogen (secondary N) is 1. The van der Waals surface area contributed by atoms with Gasteiger partial charge in [0.15, 0.2) is 0 Å². The van der Waals surface area contributed by atoms with Crippen LogP contribution in [0.2, 0.25) is 10.0 Å². The van der Waals surface area contributed by atoms with Crippen molar-refractivity contribution in [2.75, 3.05) is 19.5 Å². The molecular formula is C26H23Cl2N3O5S. The lowest BCUT2D eigenvalue weighted by molar-refractivity contribution is -0.116. The molecule has 1 aliphatic rings. The highest BCUT2D eigenvalue weighted by Crippen LogP contribution is 2.35. The summed E-state index contributed by atoms with van der Waals surface area (Å²) in [7, 11) is 3.02. The molecule has 2 heterocycles. The van der Waals surface area contributed by atoms with Gasteiger partial charge in [-0.05, 0) is 61.6 Å². The maximum absolute atomic E-state index is 13.7. The molecule has 0 radical (unpaired) electrons. The minimum absolute atomic E-state index is 0.216. The van der Waals surface area contributed by atoms with Crippen LogP contribution < -0.4 is 26.0 Å². The average molecular weight is 560 g/mol. The van der Waals surface area contributed by atoms with Gasteiger partial charge in [-0.15, -0.1) is 11.3 Å². The van der Waals surface area contributed by atoms with Gasteiger partial charge in [-0.2, -0.15) is 0 Å². The number of amides is 1. The van der Waals surface area contributed by atoms with Gasteiger partial charge in [0.25, 0.3) is 5.56 Å². The molecule has 192 valence electrons. The fraction of sp³-hybridized carbons (Fsp3) is 0.269. The Morgan fingerprint density at radius 2 is 1.81 bits per heavy atom. The summed E-state index contributed by atoms with van der Waals surface area (Å²) in [4.78, 5) is 42.2. The van der Waals surface area contributed by atoms with Gasteiger partial charge in [-0.1, -0.05) is 23.2 Å². The summed E-state index contributed by atoms with van der Waals surface area (Å²) in [5, 5.41) is 3.80. The van der Waals surface area contributed by atoms with E-state index in [9.17, 15) is 14.4 Å². The highest BCUT2D eigenvalue weighted by Gasteiger charge is 2.25. The zero-order chi connectivity index (χ0) is 26.3. The molecule has 0 atom stereocenters. The molecule has 1 N–H and O–H groups in total. The highest BCUT2D eigenvalue weighted by molar-refractivity contribution is 7.18. The Labute approximate surface area is 226 Å². The van der Waals surface area contributed by atoms with E-state index in [1.807, 2.05) is 0 Å². The fourth-order valence-corrected chi connectivity index (χ4v) is 6.26. The summed E-state index contributed by atoms with van der Waals surface area (Å²) in [6, 6.07) is 9.58. The third-order valence-electron chi connectivity index (χ3n) is 6.38. The summed E-state index contributed by atoms with van der Waals surface area (Å²) in [5.41, 5.74) is 0.613. The molecule has 0 saturated carbocycles. The van der Waals surface area contributed by atoms with E-state index in [1.165, 1.54) is 42.3 Å². The Morgan fingerprint density at radius 1 is 1.03 bits per heavy atom. The maximum atomic E-state index is 13.7. The number of rotatable bonds is 6. The number of aromatic nitrogens is 2. The van der Waals surface area contributed by atoms with E-state index in [0.29, 0.717) is 32.4 Å². The van der Waals surface area contributed by atoms with E-state index in [1.54, 1.807) is 24.3 Å². The third kappa shape index (κ3) is 4.63. The molecule has 5 rings (SSSR count). The Morgan fingerprint density at radius 3 is 2.54 bits per heavy atom. The number of aryl methyl sites for hydroxylation is 2. The first-order valence-corrected chi connectivity index (χ1v) is 13.2. The number of benzene rings is 2. The molecule has 37 heavy (non-hydrogen) atoms. The number of methoxy groups -OCH3 is 2. The van der Waals surface area contributed by atoms with Crippen LogP contribution in [0.3, 0.4) is 0 Å². The second-order valence-electron chi connectivity index (χ2n) is 8.61. The van der Waals surface area contributed by atoms with E-state index in [2.05, 4.69) is 5.32 Å². The van der Waals surface area contributed by atoms with Gasteiger partial charge < -0.3 is 14.8 Å². The molecule has 0 aliphatic heterocycles. The van der Waals surface area contributed by atoms with Gasteiger partial charge >= 0.3 is 5.69 Å². The van der Waals surface area contributed by atoms with Gasteiger partial charge in [0.05, 0.1) is 41.0 Å². The molecule has 4 aromatic rings. The van der Waals surface area contributed by atoms with E-state index in [4.69, 9.17) is 32.7 Å². The lowest BCUT2D eigenvalue weighted by atomic mass is 9.97. The third-order valence-corrected chi connectivity index (χ3v) is 8.44. The van der Waals surface area contributed by atoms with Gasteiger partial charge in [-0.3, -0.25) is 14.2 Å². The minimum atomic E-state index is -0.633. The molecule has 0 bridgehead atoms.